The van der Waals surface area contributed by atoms with Crippen molar-refractivity contribution in [3.8, 4) is 0 Å². The largest absolute Gasteiger partial charge is 0.378 e. The highest BCUT2D eigenvalue weighted by Gasteiger charge is 2.23. The van der Waals surface area contributed by atoms with E-state index in [0.717, 1.165) is 18.9 Å². The van der Waals surface area contributed by atoms with E-state index in [-0.39, 0.29) is 0 Å². The molecule has 14 heavy (non-hydrogen) atoms. The molecule has 1 aliphatic carbocycles. The highest BCUT2D eigenvalue weighted by atomic mass is 16.5. The second-order valence-corrected chi connectivity index (χ2v) is 4.61. The van der Waals surface area contributed by atoms with E-state index in [0.29, 0.717) is 12.1 Å². The average Bonchev–Trinajstić information content (AvgIpc) is 2.52. The van der Waals surface area contributed by atoms with Crippen LogP contribution in [-0.2, 0) is 4.74 Å². The van der Waals surface area contributed by atoms with Crippen LogP contribution in [0.4, 0.5) is 0 Å². The lowest BCUT2D eigenvalue weighted by Crippen LogP contribution is -2.25. The Morgan fingerprint density at radius 3 is 2.79 bits per heavy atom. The summed E-state index contributed by atoms with van der Waals surface area (Å²) in [5.41, 5.74) is 6.00. The topological polar surface area (TPSA) is 35.2 Å². The smallest absolute Gasteiger partial charge is 0.0546 e. The Labute approximate surface area is 88.2 Å². The second-order valence-electron chi connectivity index (χ2n) is 4.61. The van der Waals surface area contributed by atoms with E-state index < -0.39 is 0 Å². The first-order chi connectivity index (χ1) is 6.74. The van der Waals surface area contributed by atoms with Gasteiger partial charge in [0.25, 0.3) is 0 Å². The van der Waals surface area contributed by atoms with Crippen molar-refractivity contribution < 1.29 is 4.74 Å². The van der Waals surface area contributed by atoms with Crippen molar-refractivity contribution in [1.82, 2.24) is 0 Å². The minimum atomic E-state index is 0.428. The van der Waals surface area contributed by atoms with Crippen molar-refractivity contribution in [2.75, 3.05) is 6.61 Å². The molecule has 0 spiro atoms. The van der Waals surface area contributed by atoms with Gasteiger partial charge in [-0.3, -0.25) is 0 Å². The summed E-state index contributed by atoms with van der Waals surface area (Å²) in [5, 5.41) is 0. The van der Waals surface area contributed by atoms with Gasteiger partial charge in [-0.2, -0.15) is 0 Å². The molecule has 0 aromatic carbocycles. The maximum atomic E-state index is 6.00. The van der Waals surface area contributed by atoms with E-state index in [9.17, 15) is 0 Å². The zero-order valence-corrected chi connectivity index (χ0v) is 9.67. The molecule has 0 radical (unpaired) electrons. The van der Waals surface area contributed by atoms with Crippen LogP contribution in [0.3, 0.4) is 0 Å². The zero-order chi connectivity index (χ0) is 10.4. The average molecular weight is 199 g/mol. The van der Waals surface area contributed by atoms with Crippen LogP contribution in [0.1, 0.15) is 52.4 Å². The molecule has 1 fully saturated rings. The Morgan fingerprint density at radius 2 is 2.21 bits per heavy atom. The maximum Gasteiger partial charge on any atom is 0.0546 e. The van der Waals surface area contributed by atoms with Gasteiger partial charge in [0.1, 0.15) is 0 Å². The van der Waals surface area contributed by atoms with Gasteiger partial charge < -0.3 is 10.5 Å². The summed E-state index contributed by atoms with van der Waals surface area (Å²) in [4.78, 5) is 0. The van der Waals surface area contributed by atoms with Gasteiger partial charge in [0, 0.05) is 12.6 Å². The molecule has 1 rings (SSSR count). The Balaban J connectivity index is 2.03. The van der Waals surface area contributed by atoms with Crippen molar-refractivity contribution in [2.24, 2.45) is 11.7 Å². The quantitative estimate of drug-likeness (QED) is 0.714. The molecule has 1 aliphatic rings. The summed E-state index contributed by atoms with van der Waals surface area (Å²) >= 11 is 0. The SMILES string of the molecule is CCCC(C)OCCC1CCCC1N. The first-order valence-electron chi connectivity index (χ1n) is 6.11. The van der Waals surface area contributed by atoms with Crippen LogP contribution in [-0.4, -0.2) is 18.8 Å². The third-order valence-electron chi connectivity index (χ3n) is 3.30. The van der Waals surface area contributed by atoms with Crippen LogP contribution in [0.5, 0.6) is 0 Å². The van der Waals surface area contributed by atoms with E-state index in [2.05, 4.69) is 13.8 Å². The molecule has 0 bridgehead atoms. The number of hydrogen-bond acceptors (Lipinski definition) is 2. The van der Waals surface area contributed by atoms with Gasteiger partial charge in [0.15, 0.2) is 0 Å². The van der Waals surface area contributed by atoms with Crippen LogP contribution in [0.15, 0.2) is 0 Å². The Kier molecular flexibility index (Phi) is 5.49. The Morgan fingerprint density at radius 1 is 1.43 bits per heavy atom. The van der Waals surface area contributed by atoms with Crippen molar-refractivity contribution in [3.63, 3.8) is 0 Å². The second kappa shape index (κ2) is 6.41. The lowest BCUT2D eigenvalue weighted by Gasteiger charge is -2.17. The maximum absolute atomic E-state index is 6.00. The van der Waals surface area contributed by atoms with E-state index in [1.54, 1.807) is 0 Å². The number of ether oxygens (including phenoxy) is 1. The minimum absolute atomic E-state index is 0.428. The molecule has 2 nitrogen and oxygen atoms in total. The van der Waals surface area contributed by atoms with E-state index in [1.165, 1.54) is 32.1 Å². The molecule has 1 saturated carbocycles. The minimum Gasteiger partial charge on any atom is -0.378 e. The Bertz CT molecular complexity index is 149. The molecule has 0 heterocycles. The highest BCUT2D eigenvalue weighted by molar-refractivity contribution is 4.79. The summed E-state index contributed by atoms with van der Waals surface area (Å²) < 4.78 is 5.74. The third-order valence-corrected chi connectivity index (χ3v) is 3.30. The summed E-state index contributed by atoms with van der Waals surface area (Å²) in [6.07, 6.45) is 7.83. The molecule has 0 aliphatic heterocycles. The van der Waals surface area contributed by atoms with Crippen molar-refractivity contribution in [2.45, 2.75) is 64.5 Å². The third kappa shape index (κ3) is 3.97. The fourth-order valence-corrected chi connectivity index (χ4v) is 2.33. The fourth-order valence-electron chi connectivity index (χ4n) is 2.33. The molecule has 84 valence electrons. The van der Waals surface area contributed by atoms with Gasteiger partial charge in [-0.1, -0.05) is 19.8 Å². The van der Waals surface area contributed by atoms with Crippen LogP contribution >= 0.6 is 0 Å². The van der Waals surface area contributed by atoms with E-state index in [1.807, 2.05) is 0 Å². The van der Waals surface area contributed by atoms with Crippen molar-refractivity contribution in [1.29, 1.82) is 0 Å². The molecular formula is C12H25NO. The van der Waals surface area contributed by atoms with Gasteiger partial charge in [-0.25, -0.2) is 0 Å². The number of nitrogens with two attached hydrogens (primary N) is 1. The van der Waals surface area contributed by atoms with E-state index >= 15 is 0 Å². The number of rotatable bonds is 6. The standard InChI is InChI=1S/C12H25NO/c1-3-5-10(2)14-9-8-11-6-4-7-12(11)13/h10-12H,3-9,13H2,1-2H3. The van der Waals surface area contributed by atoms with Crippen molar-refractivity contribution >= 4 is 0 Å². The molecule has 3 unspecified atom stereocenters. The van der Waals surface area contributed by atoms with Crippen LogP contribution in [0.25, 0.3) is 0 Å². The van der Waals surface area contributed by atoms with Gasteiger partial charge >= 0.3 is 0 Å². The summed E-state index contributed by atoms with van der Waals surface area (Å²) in [5.74, 6) is 0.726. The zero-order valence-electron chi connectivity index (χ0n) is 9.67. The number of hydrogen-bond donors (Lipinski definition) is 1. The lowest BCUT2D eigenvalue weighted by molar-refractivity contribution is 0.0500. The van der Waals surface area contributed by atoms with Crippen LogP contribution < -0.4 is 5.73 Å². The molecule has 3 atom stereocenters. The first kappa shape index (κ1) is 12.0. The van der Waals surface area contributed by atoms with E-state index in [4.69, 9.17) is 10.5 Å². The molecule has 2 N–H and O–H groups in total. The predicted molar refractivity (Wildman–Crippen MR) is 60.3 cm³/mol. The fraction of sp³-hybridized carbons (Fsp3) is 1.00. The molecule has 2 heteroatoms. The molecule has 0 saturated heterocycles. The van der Waals surface area contributed by atoms with Gasteiger partial charge in [-0.15, -0.1) is 0 Å². The van der Waals surface area contributed by atoms with Gasteiger partial charge in [0.2, 0.25) is 0 Å². The molecule has 0 amide bonds. The summed E-state index contributed by atoms with van der Waals surface area (Å²) in [7, 11) is 0. The van der Waals surface area contributed by atoms with Gasteiger partial charge in [-0.05, 0) is 38.5 Å². The van der Waals surface area contributed by atoms with Gasteiger partial charge in [0.05, 0.1) is 6.10 Å². The normalized spacial score (nSPS) is 29.4. The van der Waals surface area contributed by atoms with Crippen LogP contribution in [0, 0.1) is 5.92 Å². The highest BCUT2D eigenvalue weighted by Crippen LogP contribution is 2.26. The molecular weight excluding hydrogens is 174 g/mol. The monoisotopic (exact) mass is 199 g/mol. The van der Waals surface area contributed by atoms with Crippen LogP contribution in [0.2, 0.25) is 0 Å². The molecule has 0 aromatic heterocycles. The molecule has 0 aromatic rings. The first-order valence-corrected chi connectivity index (χ1v) is 6.11. The predicted octanol–water partition coefficient (Wildman–Crippen LogP) is 2.71. The summed E-state index contributed by atoms with van der Waals surface area (Å²) in [6, 6.07) is 0.445. The van der Waals surface area contributed by atoms with Crippen molar-refractivity contribution in [3.05, 3.63) is 0 Å². The lowest BCUT2D eigenvalue weighted by atomic mass is 10.0. The summed E-state index contributed by atoms with van der Waals surface area (Å²) in [6.45, 7) is 5.27. The Hall–Kier alpha value is -0.0800.